The molecule has 7 heteroatoms. The fourth-order valence-corrected chi connectivity index (χ4v) is 2.42. The average Bonchev–Trinajstić information content (AvgIpc) is 2.62. The third kappa shape index (κ3) is 4.77. The summed E-state index contributed by atoms with van der Waals surface area (Å²) in [4.78, 5) is 23.0. The number of nitro benzene ring substituents is 1. The van der Waals surface area contributed by atoms with Crippen LogP contribution in [0.3, 0.4) is 0 Å². The first-order chi connectivity index (χ1) is 11.9. The normalized spacial score (nSPS) is 12.9. The number of rotatable bonds is 7. The molecule has 0 saturated heterocycles. The lowest BCUT2D eigenvalue weighted by atomic mass is 10.1. The SMILES string of the molecule is COc1ccc(NC(=O)[C@@H](C)N[C@H](C)c2ccccc2)c([N+](=O)[O-])c1. The number of hydrogen-bond acceptors (Lipinski definition) is 5. The Bertz CT molecular complexity index is 749. The number of nitrogens with one attached hydrogen (secondary N) is 2. The predicted octanol–water partition coefficient (Wildman–Crippen LogP) is 3.28. The van der Waals surface area contributed by atoms with Crippen LogP contribution in [0.1, 0.15) is 25.5 Å². The molecular weight excluding hydrogens is 322 g/mol. The minimum atomic E-state index is -0.553. The summed E-state index contributed by atoms with van der Waals surface area (Å²) in [6, 6.07) is 13.5. The van der Waals surface area contributed by atoms with Crippen LogP contribution in [0, 0.1) is 10.1 Å². The molecule has 2 atom stereocenters. The molecule has 0 unspecified atom stereocenters. The maximum atomic E-state index is 12.4. The lowest BCUT2D eigenvalue weighted by molar-refractivity contribution is -0.384. The summed E-state index contributed by atoms with van der Waals surface area (Å²) in [5, 5.41) is 17.0. The number of benzene rings is 2. The number of nitro groups is 1. The lowest BCUT2D eigenvalue weighted by Crippen LogP contribution is -2.39. The van der Waals surface area contributed by atoms with E-state index in [0.29, 0.717) is 5.75 Å². The molecule has 0 aliphatic carbocycles. The van der Waals surface area contributed by atoms with Crippen molar-refractivity contribution < 1.29 is 14.5 Å². The van der Waals surface area contributed by atoms with Crippen molar-refractivity contribution in [3.8, 4) is 5.75 Å². The molecule has 7 nitrogen and oxygen atoms in total. The largest absolute Gasteiger partial charge is 0.496 e. The van der Waals surface area contributed by atoms with Gasteiger partial charge in [-0.15, -0.1) is 0 Å². The molecule has 0 fully saturated rings. The quantitative estimate of drug-likeness (QED) is 0.594. The molecule has 2 N–H and O–H groups in total. The van der Waals surface area contributed by atoms with E-state index in [1.807, 2.05) is 37.3 Å². The minimum Gasteiger partial charge on any atom is -0.496 e. The molecule has 0 spiro atoms. The first-order valence-electron chi connectivity index (χ1n) is 7.86. The number of hydrogen-bond donors (Lipinski definition) is 2. The first-order valence-corrected chi connectivity index (χ1v) is 7.86. The summed E-state index contributed by atoms with van der Waals surface area (Å²) in [5.74, 6) is 0.00428. The van der Waals surface area contributed by atoms with Crippen LogP contribution < -0.4 is 15.4 Å². The van der Waals surface area contributed by atoms with E-state index in [9.17, 15) is 14.9 Å². The molecule has 0 bridgehead atoms. The van der Waals surface area contributed by atoms with E-state index in [4.69, 9.17) is 4.74 Å². The second-order valence-electron chi connectivity index (χ2n) is 5.65. The molecular formula is C18H21N3O4. The summed E-state index contributed by atoms with van der Waals surface area (Å²) < 4.78 is 4.98. The predicted molar refractivity (Wildman–Crippen MR) is 95.7 cm³/mol. The van der Waals surface area contributed by atoms with Crippen molar-refractivity contribution in [2.24, 2.45) is 0 Å². The van der Waals surface area contributed by atoms with Crippen LogP contribution in [0.5, 0.6) is 5.75 Å². The highest BCUT2D eigenvalue weighted by Crippen LogP contribution is 2.29. The van der Waals surface area contributed by atoms with Crippen molar-refractivity contribution in [2.45, 2.75) is 25.9 Å². The van der Waals surface area contributed by atoms with Gasteiger partial charge in [-0.05, 0) is 31.5 Å². The molecule has 0 saturated carbocycles. The van der Waals surface area contributed by atoms with Gasteiger partial charge in [0.2, 0.25) is 5.91 Å². The molecule has 0 radical (unpaired) electrons. The lowest BCUT2D eigenvalue weighted by Gasteiger charge is -2.20. The topological polar surface area (TPSA) is 93.5 Å². The van der Waals surface area contributed by atoms with Crippen LogP contribution in [-0.2, 0) is 4.79 Å². The number of ether oxygens (including phenoxy) is 1. The molecule has 132 valence electrons. The Morgan fingerprint density at radius 1 is 1.16 bits per heavy atom. The molecule has 0 aromatic heterocycles. The van der Waals surface area contributed by atoms with Crippen molar-refractivity contribution in [1.29, 1.82) is 0 Å². The zero-order chi connectivity index (χ0) is 18.4. The maximum Gasteiger partial charge on any atom is 0.296 e. The molecule has 2 rings (SSSR count). The van der Waals surface area contributed by atoms with Crippen LogP contribution in [0.25, 0.3) is 0 Å². The van der Waals surface area contributed by atoms with Gasteiger partial charge < -0.3 is 10.1 Å². The standard InChI is InChI=1S/C18H21N3O4/c1-12(14-7-5-4-6-8-14)19-13(2)18(22)20-16-10-9-15(25-3)11-17(16)21(23)24/h4-13,19H,1-3H3,(H,20,22)/t12-,13-/m1/s1. The maximum absolute atomic E-state index is 12.4. The van der Waals surface area contributed by atoms with E-state index in [-0.39, 0.29) is 23.3 Å². The van der Waals surface area contributed by atoms with Gasteiger partial charge in [-0.25, -0.2) is 0 Å². The molecule has 0 aliphatic rings. The van der Waals surface area contributed by atoms with Crippen LogP contribution in [0.4, 0.5) is 11.4 Å². The van der Waals surface area contributed by atoms with Gasteiger partial charge in [-0.2, -0.15) is 0 Å². The Hall–Kier alpha value is -2.93. The Labute approximate surface area is 146 Å². The van der Waals surface area contributed by atoms with Crippen LogP contribution in [0.15, 0.2) is 48.5 Å². The Morgan fingerprint density at radius 2 is 1.84 bits per heavy atom. The van der Waals surface area contributed by atoms with Gasteiger partial charge >= 0.3 is 0 Å². The van der Waals surface area contributed by atoms with Gasteiger partial charge in [0.25, 0.3) is 5.69 Å². The molecule has 2 aromatic rings. The van der Waals surface area contributed by atoms with Crippen LogP contribution in [-0.4, -0.2) is 24.0 Å². The first kappa shape index (κ1) is 18.4. The number of carbonyl (C=O) groups is 1. The Morgan fingerprint density at radius 3 is 2.44 bits per heavy atom. The molecule has 25 heavy (non-hydrogen) atoms. The molecule has 0 heterocycles. The summed E-state index contributed by atoms with van der Waals surface area (Å²) in [6.45, 7) is 3.67. The van der Waals surface area contributed by atoms with Crippen molar-refractivity contribution >= 4 is 17.3 Å². The van der Waals surface area contributed by atoms with Gasteiger partial charge in [0.1, 0.15) is 11.4 Å². The average molecular weight is 343 g/mol. The fourth-order valence-electron chi connectivity index (χ4n) is 2.42. The van der Waals surface area contributed by atoms with E-state index < -0.39 is 11.0 Å². The summed E-state index contributed by atoms with van der Waals surface area (Å²) in [7, 11) is 1.42. The summed E-state index contributed by atoms with van der Waals surface area (Å²) in [5.41, 5.74) is 0.977. The highest BCUT2D eigenvalue weighted by atomic mass is 16.6. The number of carbonyl (C=O) groups excluding carboxylic acids is 1. The van der Waals surface area contributed by atoms with Crippen molar-refractivity contribution in [3.63, 3.8) is 0 Å². The van der Waals surface area contributed by atoms with Crippen molar-refractivity contribution in [2.75, 3.05) is 12.4 Å². The van der Waals surface area contributed by atoms with E-state index in [1.54, 1.807) is 13.0 Å². The number of amides is 1. The molecule has 1 amide bonds. The van der Waals surface area contributed by atoms with Gasteiger partial charge in [0.05, 0.1) is 24.1 Å². The Kier molecular flexibility index (Phi) is 6.08. The second-order valence-corrected chi connectivity index (χ2v) is 5.65. The zero-order valence-electron chi connectivity index (χ0n) is 14.4. The van der Waals surface area contributed by atoms with E-state index in [2.05, 4.69) is 10.6 Å². The third-order valence-corrected chi connectivity index (χ3v) is 3.85. The number of methoxy groups -OCH3 is 1. The van der Waals surface area contributed by atoms with E-state index >= 15 is 0 Å². The second kappa shape index (κ2) is 8.25. The smallest absolute Gasteiger partial charge is 0.296 e. The Balaban J connectivity index is 2.07. The van der Waals surface area contributed by atoms with Gasteiger partial charge in [0, 0.05) is 6.04 Å². The highest BCUT2D eigenvalue weighted by Gasteiger charge is 2.21. The minimum absolute atomic E-state index is 0.0344. The van der Waals surface area contributed by atoms with Crippen molar-refractivity contribution in [3.05, 3.63) is 64.2 Å². The monoisotopic (exact) mass is 343 g/mol. The van der Waals surface area contributed by atoms with Gasteiger partial charge in [-0.1, -0.05) is 30.3 Å². The summed E-state index contributed by atoms with van der Waals surface area (Å²) in [6.07, 6.45) is 0. The third-order valence-electron chi connectivity index (χ3n) is 3.85. The van der Waals surface area contributed by atoms with Crippen LogP contribution in [0.2, 0.25) is 0 Å². The fraction of sp³-hybridized carbons (Fsp3) is 0.278. The summed E-state index contributed by atoms with van der Waals surface area (Å²) >= 11 is 0. The number of nitrogens with zero attached hydrogens (tertiary/aromatic N) is 1. The van der Waals surface area contributed by atoms with Gasteiger partial charge in [-0.3, -0.25) is 20.2 Å². The van der Waals surface area contributed by atoms with Crippen LogP contribution >= 0.6 is 0 Å². The highest BCUT2D eigenvalue weighted by molar-refractivity contribution is 5.96. The molecule has 0 aliphatic heterocycles. The number of anilines is 1. The van der Waals surface area contributed by atoms with E-state index in [0.717, 1.165) is 5.56 Å². The zero-order valence-corrected chi connectivity index (χ0v) is 14.4. The van der Waals surface area contributed by atoms with Crippen molar-refractivity contribution in [1.82, 2.24) is 5.32 Å². The van der Waals surface area contributed by atoms with Gasteiger partial charge in [0.15, 0.2) is 0 Å². The van der Waals surface area contributed by atoms with E-state index in [1.165, 1.54) is 19.2 Å². The molecule has 2 aromatic carbocycles.